The molecule has 0 aromatic heterocycles. The Morgan fingerprint density at radius 1 is 1.15 bits per heavy atom. The molecule has 0 amide bonds. The van der Waals surface area contributed by atoms with Crippen LogP contribution in [-0.2, 0) is 0 Å². The summed E-state index contributed by atoms with van der Waals surface area (Å²) in [5.41, 5.74) is 3.48. The number of nitrogens with one attached hydrogen (secondary N) is 1. The fourth-order valence-electron chi connectivity index (χ4n) is 1.41. The molecule has 0 saturated heterocycles. The molecule has 0 aliphatic rings. The number of hydroxylamine groups is 1. The monoisotopic (exact) mass is 179 g/mol. The fraction of sp³-hybridized carbons (Fsp3) is 0.455. The average Bonchev–Trinajstić information content (AvgIpc) is 2.05. The molecule has 1 rings (SSSR count). The van der Waals surface area contributed by atoms with Gasteiger partial charge in [0.2, 0.25) is 0 Å². The Kier molecular flexibility index (Phi) is 3.07. The third-order valence-electron chi connectivity index (χ3n) is 2.13. The van der Waals surface area contributed by atoms with Crippen molar-refractivity contribution in [3.05, 3.63) is 35.9 Å². The highest BCUT2D eigenvalue weighted by Gasteiger charge is 2.25. The van der Waals surface area contributed by atoms with Gasteiger partial charge in [-0.25, -0.2) is 0 Å². The predicted molar refractivity (Wildman–Crippen MR) is 53.6 cm³/mol. The topological polar surface area (TPSA) is 32.3 Å². The van der Waals surface area contributed by atoms with Gasteiger partial charge in [0, 0.05) is 0 Å². The zero-order chi connectivity index (χ0) is 9.90. The first-order valence-electron chi connectivity index (χ1n) is 4.50. The zero-order valence-corrected chi connectivity index (χ0v) is 8.41. The second kappa shape index (κ2) is 3.90. The highest BCUT2D eigenvalue weighted by atomic mass is 16.5. The van der Waals surface area contributed by atoms with Crippen molar-refractivity contribution >= 4 is 0 Å². The molecule has 1 aromatic carbocycles. The van der Waals surface area contributed by atoms with Crippen molar-refractivity contribution < 1.29 is 5.21 Å². The summed E-state index contributed by atoms with van der Waals surface area (Å²) in [5, 5.41) is 9.07. The minimum atomic E-state index is -0.0197. The molecule has 0 heterocycles. The molecule has 2 N–H and O–H groups in total. The molecule has 72 valence electrons. The fourth-order valence-corrected chi connectivity index (χ4v) is 1.41. The van der Waals surface area contributed by atoms with Crippen LogP contribution in [-0.4, -0.2) is 5.21 Å². The van der Waals surface area contributed by atoms with E-state index < -0.39 is 0 Å². The van der Waals surface area contributed by atoms with Gasteiger partial charge >= 0.3 is 0 Å². The van der Waals surface area contributed by atoms with Crippen LogP contribution in [0.1, 0.15) is 32.4 Å². The maximum absolute atomic E-state index is 9.07. The molecular formula is C11H17NO. The van der Waals surface area contributed by atoms with E-state index in [-0.39, 0.29) is 11.5 Å². The van der Waals surface area contributed by atoms with Crippen molar-refractivity contribution in [1.82, 2.24) is 5.48 Å². The molecule has 1 unspecified atom stereocenters. The van der Waals surface area contributed by atoms with Gasteiger partial charge in [-0.1, -0.05) is 51.1 Å². The summed E-state index contributed by atoms with van der Waals surface area (Å²) >= 11 is 0. The van der Waals surface area contributed by atoms with E-state index in [1.807, 2.05) is 30.3 Å². The van der Waals surface area contributed by atoms with Crippen molar-refractivity contribution in [3.63, 3.8) is 0 Å². The van der Waals surface area contributed by atoms with Gasteiger partial charge < -0.3 is 5.21 Å². The zero-order valence-electron chi connectivity index (χ0n) is 8.41. The van der Waals surface area contributed by atoms with Gasteiger partial charge in [0.1, 0.15) is 0 Å². The van der Waals surface area contributed by atoms with Crippen LogP contribution in [0.2, 0.25) is 0 Å². The van der Waals surface area contributed by atoms with Crippen LogP contribution in [0.25, 0.3) is 0 Å². The normalized spacial score (nSPS) is 14.2. The minimum Gasteiger partial charge on any atom is -0.316 e. The molecule has 1 atom stereocenters. The second-order valence-corrected chi connectivity index (χ2v) is 4.34. The first kappa shape index (κ1) is 10.2. The van der Waals surface area contributed by atoms with E-state index in [4.69, 9.17) is 5.21 Å². The van der Waals surface area contributed by atoms with Gasteiger partial charge in [0.05, 0.1) is 6.04 Å². The maximum Gasteiger partial charge on any atom is 0.0617 e. The van der Waals surface area contributed by atoms with Crippen molar-refractivity contribution in [2.45, 2.75) is 26.8 Å². The molecule has 0 bridgehead atoms. The van der Waals surface area contributed by atoms with E-state index in [2.05, 4.69) is 26.3 Å². The third-order valence-corrected chi connectivity index (χ3v) is 2.13. The molecule has 0 saturated carbocycles. The third kappa shape index (κ3) is 2.54. The summed E-state index contributed by atoms with van der Waals surface area (Å²) in [6.07, 6.45) is 0. The number of hydrogen-bond donors (Lipinski definition) is 2. The Bertz CT molecular complexity index is 251. The molecule has 0 fully saturated rings. The Hall–Kier alpha value is -0.860. The smallest absolute Gasteiger partial charge is 0.0617 e. The van der Waals surface area contributed by atoms with Gasteiger partial charge in [-0.3, -0.25) is 0 Å². The first-order valence-corrected chi connectivity index (χ1v) is 4.50. The van der Waals surface area contributed by atoms with Crippen molar-refractivity contribution in [1.29, 1.82) is 0 Å². The van der Waals surface area contributed by atoms with Crippen LogP contribution in [0.4, 0.5) is 0 Å². The van der Waals surface area contributed by atoms with E-state index in [1.54, 1.807) is 0 Å². The van der Waals surface area contributed by atoms with Crippen LogP contribution in [0, 0.1) is 5.41 Å². The van der Waals surface area contributed by atoms with E-state index in [0.717, 1.165) is 5.56 Å². The van der Waals surface area contributed by atoms with Crippen LogP contribution in [0.3, 0.4) is 0 Å². The number of hydrogen-bond acceptors (Lipinski definition) is 2. The molecular weight excluding hydrogens is 162 g/mol. The number of benzene rings is 1. The Morgan fingerprint density at radius 3 is 2.08 bits per heavy atom. The average molecular weight is 179 g/mol. The van der Waals surface area contributed by atoms with Crippen LogP contribution in [0.5, 0.6) is 0 Å². The van der Waals surface area contributed by atoms with Crippen LogP contribution in [0.15, 0.2) is 30.3 Å². The summed E-state index contributed by atoms with van der Waals surface area (Å²) in [4.78, 5) is 0. The largest absolute Gasteiger partial charge is 0.316 e. The van der Waals surface area contributed by atoms with Crippen LogP contribution < -0.4 is 5.48 Å². The lowest BCUT2D eigenvalue weighted by molar-refractivity contribution is 0.0718. The quantitative estimate of drug-likeness (QED) is 0.684. The van der Waals surface area contributed by atoms with Gasteiger partial charge in [-0.15, -0.1) is 0 Å². The summed E-state index contributed by atoms with van der Waals surface area (Å²) in [6, 6.07) is 9.93. The standard InChI is InChI=1S/C11H17NO/c1-11(2,3)10(12-13)9-7-5-4-6-8-9/h4-8,10,12-13H,1-3H3. The highest BCUT2D eigenvalue weighted by Crippen LogP contribution is 2.31. The molecule has 0 radical (unpaired) electrons. The Labute approximate surface area is 79.6 Å². The first-order chi connectivity index (χ1) is 6.05. The lowest BCUT2D eigenvalue weighted by Crippen LogP contribution is -2.29. The van der Waals surface area contributed by atoms with E-state index in [0.29, 0.717) is 0 Å². The van der Waals surface area contributed by atoms with Gasteiger partial charge in [0.15, 0.2) is 0 Å². The minimum absolute atomic E-state index is 0.0100. The molecule has 1 aromatic rings. The summed E-state index contributed by atoms with van der Waals surface area (Å²) in [5.74, 6) is 0. The van der Waals surface area contributed by atoms with E-state index in [1.165, 1.54) is 0 Å². The summed E-state index contributed by atoms with van der Waals surface area (Å²) in [6.45, 7) is 6.27. The van der Waals surface area contributed by atoms with Crippen molar-refractivity contribution in [2.24, 2.45) is 5.41 Å². The lowest BCUT2D eigenvalue weighted by atomic mass is 9.83. The molecule has 2 heteroatoms. The summed E-state index contributed by atoms with van der Waals surface area (Å²) in [7, 11) is 0. The van der Waals surface area contributed by atoms with Gasteiger partial charge in [-0.2, -0.15) is 5.48 Å². The van der Waals surface area contributed by atoms with Gasteiger partial charge in [-0.05, 0) is 11.0 Å². The van der Waals surface area contributed by atoms with E-state index >= 15 is 0 Å². The van der Waals surface area contributed by atoms with Crippen molar-refractivity contribution in [3.8, 4) is 0 Å². The Morgan fingerprint density at radius 2 is 1.69 bits per heavy atom. The SMILES string of the molecule is CC(C)(C)C(NO)c1ccccc1. The van der Waals surface area contributed by atoms with Crippen molar-refractivity contribution in [2.75, 3.05) is 0 Å². The molecule has 13 heavy (non-hydrogen) atoms. The second-order valence-electron chi connectivity index (χ2n) is 4.34. The molecule has 0 spiro atoms. The highest BCUT2D eigenvalue weighted by molar-refractivity contribution is 5.20. The molecule has 2 nitrogen and oxygen atoms in total. The van der Waals surface area contributed by atoms with Gasteiger partial charge in [0.25, 0.3) is 0 Å². The Balaban J connectivity index is 2.92. The maximum atomic E-state index is 9.07. The summed E-state index contributed by atoms with van der Waals surface area (Å²) < 4.78 is 0. The molecule has 0 aliphatic heterocycles. The lowest BCUT2D eigenvalue weighted by Gasteiger charge is -2.29. The predicted octanol–water partition coefficient (Wildman–Crippen LogP) is 2.75. The van der Waals surface area contributed by atoms with Crippen LogP contribution >= 0.6 is 0 Å². The van der Waals surface area contributed by atoms with E-state index in [9.17, 15) is 0 Å². The number of rotatable bonds is 2. The molecule has 0 aliphatic carbocycles.